The molecule has 1 aromatic heterocycles. The average Bonchev–Trinajstić information content (AvgIpc) is 3.42. The summed E-state index contributed by atoms with van der Waals surface area (Å²) in [5, 5.41) is 6.45. The molecule has 2 atom stereocenters. The lowest BCUT2D eigenvalue weighted by Crippen LogP contribution is -2.54. The number of aromatic nitrogens is 2. The van der Waals surface area contributed by atoms with Crippen molar-refractivity contribution in [3.8, 4) is 11.3 Å². The number of piperazine rings is 1. The van der Waals surface area contributed by atoms with Gasteiger partial charge in [-0.25, -0.2) is 4.98 Å². The first kappa shape index (κ1) is 26.9. The number of carbonyl (C=O) groups is 2. The summed E-state index contributed by atoms with van der Waals surface area (Å²) < 4.78 is 2.15. The molecule has 204 valence electrons. The van der Waals surface area contributed by atoms with Crippen molar-refractivity contribution < 1.29 is 9.59 Å². The minimum Gasteiger partial charge on any atom is -0.353 e. The quantitative estimate of drug-likeness (QED) is 0.415. The molecule has 2 amide bonds. The largest absolute Gasteiger partial charge is 0.353 e. The lowest BCUT2D eigenvalue weighted by molar-refractivity contribution is -0.116. The van der Waals surface area contributed by atoms with Gasteiger partial charge in [-0.05, 0) is 43.2 Å². The molecule has 1 aliphatic heterocycles. The summed E-state index contributed by atoms with van der Waals surface area (Å²) in [6, 6.07) is 20.5. The van der Waals surface area contributed by atoms with Crippen LogP contribution in [0.15, 0.2) is 78.6 Å². The van der Waals surface area contributed by atoms with E-state index in [1.54, 1.807) is 6.08 Å². The standard InChI is InChI=1S/C32H39N5O2/c1-2-17-34-29(38)21-26-15-9-10-16-28(26)37-23-35-30(31(37)25-13-7-4-8-14-25)32(39)36-19-18-33-22-27(36)20-24-11-5-3-6-12-24/h3-8,11-14,21,23,27-28,33H,2,9-10,15-20,22H2,1H3,(H,34,38)/t27-,28+/m1/s1. The Morgan fingerprint density at radius 1 is 1.08 bits per heavy atom. The van der Waals surface area contributed by atoms with E-state index < -0.39 is 0 Å². The van der Waals surface area contributed by atoms with Crippen LogP contribution < -0.4 is 10.6 Å². The fourth-order valence-corrected chi connectivity index (χ4v) is 5.84. The number of allylic oxidation sites excluding steroid dienone is 1. The van der Waals surface area contributed by atoms with Gasteiger partial charge in [0.2, 0.25) is 5.91 Å². The Kier molecular flexibility index (Phi) is 8.89. The molecular weight excluding hydrogens is 486 g/mol. The molecule has 2 aliphatic rings. The molecule has 39 heavy (non-hydrogen) atoms. The summed E-state index contributed by atoms with van der Waals surface area (Å²) in [5.41, 5.74) is 4.61. The van der Waals surface area contributed by atoms with Gasteiger partial charge in [0.25, 0.3) is 5.91 Å². The summed E-state index contributed by atoms with van der Waals surface area (Å²) in [6.07, 6.45) is 9.22. The molecule has 1 saturated carbocycles. The minimum atomic E-state index is -0.0407. The van der Waals surface area contributed by atoms with E-state index in [0.29, 0.717) is 18.8 Å². The number of benzene rings is 2. The highest BCUT2D eigenvalue weighted by Gasteiger charge is 2.33. The summed E-state index contributed by atoms with van der Waals surface area (Å²) in [4.78, 5) is 33.6. The predicted molar refractivity (Wildman–Crippen MR) is 154 cm³/mol. The van der Waals surface area contributed by atoms with Crippen LogP contribution in [0.1, 0.15) is 61.1 Å². The zero-order chi connectivity index (χ0) is 27.0. The first-order valence-corrected chi connectivity index (χ1v) is 14.3. The molecule has 0 spiro atoms. The fourth-order valence-electron chi connectivity index (χ4n) is 5.84. The SMILES string of the molecule is CCCNC(=O)C=C1CCCC[C@@H]1n1cnc(C(=O)N2CCNC[C@H]2Cc2ccccc2)c1-c1ccccc1. The normalized spacial score (nSPS) is 20.6. The maximum atomic E-state index is 14.2. The maximum Gasteiger partial charge on any atom is 0.275 e. The van der Waals surface area contributed by atoms with Crippen molar-refractivity contribution in [1.29, 1.82) is 0 Å². The van der Waals surface area contributed by atoms with Crippen molar-refractivity contribution in [1.82, 2.24) is 25.1 Å². The van der Waals surface area contributed by atoms with Crippen molar-refractivity contribution in [3.05, 3.63) is 89.9 Å². The summed E-state index contributed by atoms with van der Waals surface area (Å²) in [6.45, 7) is 4.88. The van der Waals surface area contributed by atoms with Crippen LogP contribution in [0.3, 0.4) is 0 Å². The van der Waals surface area contributed by atoms with Crippen molar-refractivity contribution in [2.75, 3.05) is 26.2 Å². The van der Waals surface area contributed by atoms with Gasteiger partial charge in [-0.1, -0.05) is 74.0 Å². The lowest BCUT2D eigenvalue weighted by atomic mass is 9.88. The predicted octanol–water partition coefficient (Wildman–Crippen LogP) is 4.77. The number of hydrogen-bond acceptors (Lipinski definition) is 4. The second-order valence-corrected chi connectivity index (χ2v) is 10.5. The molecule has 2 heterocycles. The van der Waals surface area contributed by atoms with Gasteiger partial charge in [0, 0.05) is 43.9 Å². The minimum absolute atomic E-state index is 0.00137. The van der Waals surface area contributed by atoms with Gasteiger partial charge in [0.15, 0.2) is 5.69 Å². The van der Waals surface area contributed by atoms with Crippen LogP contribution in [0.4, 0.5) is 0 Å². The first-order chi connectivity index (χ1) is 19.2. The van der Waals surface area contributed by atoms with Crippen LogP contribution in [0.5, 0.6) is 0 Å². The van der Waals surface area contributed by atoms with Crippen LogP contribution >= 0.6 is 0 Å². The molecule has 2 N–H and O–H groups in total. The van der Waals surface area contributed by atoms with Crippen molar-refractivity contribution in [3.63, 3.8) is 0 Å². The number of nitrogens with zero attached hydrogens (tertiary/aromatic N) is 3. The Morgan fingerprint density at radius 2 is 1.85 bits per heavy atom. The average molecular weight is 526 g/mol. The zero-order valence-electron chi connectivity index (χ0n) is 22.8. The number of nitrogens with one attached hydrogen (secondary N) is 2. The molecule has 1 aliphatic carbocycles. The molecule has 2 fully saturated rings. The van der Waals surface area contributed by atoms with Gasteiger partial charge in [-0.2, -0.15) is 0 Å². The van der Waals surface area contributed by atoms with Gasteiger partial charge in [-0.3, -0.25) is 9.59 Å². The molecule has 0 unspecified atom stereocenters. The Hall–Kier alpha value is -3.71. The number of amides is 2. The van der Waals surface area contributed by atoms with Gasteiger partial charge in [-0.15, -0.1) is 0 Å². The number of carbonyl (C=O) groups excluding carboxylic acids is 2. The van der Waals surface area contributed by atoms with Crippen LogP contribution in [0, 0.1) is 0 Å². The van der Waals surface area contributed by atoms with Crippen molar-refractivity contribution in [2.24, 2.45) is 0 Å². The molecule has 5 rings (SSSR count). The summed E-state index contributed by atoms with van der Waals surface area (Å²) in [5.74, 6) is -0.0712. The van der Waals surface area contributed by atoms with Crippen LogP contribution in [0.25, 0.3) is 11.3 Å². The van der Waals surface area contributed by atoms with Gasteiger partial charge < -0.3 is 20.1 Å². The van der Waals surface area contributed by atoms with E-state index in [2.05, 4.69) is 34.3 Å². The van der Waals surface area contributed by atoms with E-state index in [9.17, 15) is 9.59 Å². The van der Waals surface area contributed by atoms with Crippen LogP contribution in [-0.2, 0) is 11.2 Å². The van der Waals surface area contributed by atoms with Crippen LogP contribution in [0.2, 0.25) is 0 Å². The molecular formula is C32H39N5O2. The maximum absolute atomic E-state index is 14.2. The van der Waals surface area contributed by atoms with E-state index in [1.165, 1.54) is 5.56 Å². The molecule has 0 bridgehead atoms. The monoisotopic (exact) mass is 525 g/mol. The molecule has 2 aromatic carbocycles. The lowest BCUT2D eigenvalue weighted by Gasteiger charge is -2.36. The summed E-state index contributed by atoms with van der Waals surface area (Å²) in [7, 11) is 0. The number of imidazole rings is 1. The van der Waals surface area contributed by atoms with E-state index in [-0.39, 0.29) is 23.9 Å². The topological polar surface area (TPSA) is 79.3 Å². The second kappa shape index (κ2) is 12.9. The third kappa shape index (κ3) is 6.31. The second-order valence-electron chi connectivity index (χ2n) is 10.5. The smallest absolute Gasteiger partial charge is 0.275 e. The third-order valence-electron chi connectivity index (χ3n) is 7.79. The first-order valence-electron chi connectivity index (χ1n) is 14.3. The molecule has 0 radical (unpaired) electrons. The summed E-state index contributed by atoms with van der Waals surface area (Å²) >= 11 is 0. The van der Waals surface area contributed by atoms with Gasteiger partial charge in [0.05, 0.1) is 18.1 Å². The van der Waals surface area contributed by atoms with E-state index in [1.807, 2.05) is 59.8 Å². The highest BCUT2D eigenvalue weighted by molar-refractivity contribution is 5.98. The Labute approximate surface area is 231 Å². The highest BCUT2D eigenvalue weighted by atomic mass is 16.2. The number of rotatable bonds is 8. The van der Waals surface area contributed by atoms with E-state index in [0.717, 1.165) is 68.4 Å². The third-order valence-corrected chi connectivity index (χ3v) is 7.79. The molecule has 7 nitrogen and oxygen atoms in total. The molecule has 1 saturated heterocycles. The van der Waals surface area contributed by atoms with E-state index >= 15 is 0 Å². The Morgan fingerprint density at radius 3 is 2.62 bits per heavy atom. The Balaban J connectivity index is 1.50. The number of hydrogen-bond donors (Lipinski definition) is 2. The fraction of sp³-hybridized carbons (Fsp3) is 0.406. The zero-order valence-corrected chi connectivity index (χ0v) is 22.8. The van der Waals surface area contributed by atoms with Gasteiger partial charge in [0.1, 0.15) is 0 Å². The molecule has 3 aromatic rings. The van der Waals surface area contributed by atoms with Crippen molar-refractivity contribution >= 4 is 11.8 Å². The van der Waals surface area contributed by atoms with Crippen molar-refractivity contribution in [2.45, 2.75) is 57.5 Å². The Bertz CT molecular complexity index is 1280. The highest BCUT2D eigenvalue weighted by Crippen LogP contribution is 2.38. The van der Waals surface area contributed by atoms with Crippen LogP contribution in [-0.4, -0.2) is 58.5 Å². The molecule has 7 heteroatoms. The van der Waals surface area contributed by atoms with E-state index in [4.69, 9.17) is 4.98 Å². The van der Waals surface area contributed by atoms with Gasteiger partial charge >= 0.3 is 0 Å².